The molecule has 5 nitrogen and oxygen atoms in total. The van der Waals surface area contributed by atoms with E-state index in [0.29, 0.717) is 17.5 Å². The van der Waals surface area contributed by atoms with Crippen LogP contribution in [0.1, 0.15) is 48.1 Å². The molecule has 0 radical (unpaired) electrons. The Morgan fingerprint density at radius 1 is 1.17 bits per heavy atom. The van der Waals surface area contributed by atoms with Gasteiger partial charge in [-0.3, -0.25) is 9.59 Å². The minimum absolute atomic E-state index is 0.247. The number of amides is 1. The molecule has 2 aromatic rings. The second-order valence-corrected chi connectivity index (χ2v) is 8.42. The van der Waals surface area contributed by atoms with E-state index in [2.05, 4.69) is 0 Å². The van der Waals surface area contributed by atoms with E-state index in [0.717, 1.165) is 29.5 Å². The molecule has 1 aliphatic carbocycles. The molecule has 0 bridgehead atoms. The van der Waals surface area contributed by atoms with E-state index in [-0.39, 0.29) is 18.4 Å². The lowest BCUT2D eigenvalue weighted by molar-refractivity contribution is -0.179. The highest BCUT2D eigenvalue weighted by Crippen LogP contribution is 2.45. The molecular formula is C23H24ClNO4. The van der Waals surface area contributed by atoms with Crippen molar-refractivity contribution in [3.05, 3.63) is 70.2 Å². The van der Waals surface area contributed by atoms with Gasteiger partial charge in [-0.2, -0.15) is 0 Å². The molecule has 2 aromatic carbocycles. The Morgan fingerprint density at radius 3 is 2.52 bits per heavy atom. The Hall–Kier alpha value is -2.37. The van der Waals surface area contributed by atoms with E-state index < -0.39 is 18.2 Å². The summed E-state index contributed by atoms with van der Waals surface area (Å²) >= 11 is 6.23. The minimum atomic E-state index is -1.05. The molecule has 4 rings (SSSR count). The number of halogens is 1. The van der Waals surface area contributed by atoms with Gasteiger partial charge in [-0.05, 0) is 48.9 Å². The summed E-state index contributed by atoms with van der Waals surface area (Å²) in [5.41, 5.74) is 2.95. The zero-order valence-electron chi connectivity index (χ0n) is 16.3. The van der Waals surface area contributed by atoms with Crippen LogP contribution in [-0.2, 0) is 14.3 Å². The Kier molecular flexibility index (Phi) is 5.61. The maximum absolute atomic E-state index is 13.2. The van der Waals surface area contributed by atoms with E-state index >= 15 is 0 Å². The molecule has 1 amide bonds. The van der Waals surface area contributed by atoms with Crippen molar-refractivity contribution >= 4 is 23.5 Å². The molecule has 152 valence electrons. The van der Waals surface area contributed by atoms with Crippen molar-refractivity contribution in [2.24, 2.45) is 5.92 Å². The monoisotopic (exact) mass is 413 g/mol. The van der Waals surface area contributed by atoms with Gasteiger partial charge in [-0.1, -0.05) is 53.6 Å². The van der Waals surface area contributed by atoms with Gasteiger partial charge in [0.15, 0.2) is 0 Å². The number of nitrogens with zero attached hydrogens (tertiary/aromatic N) is 1. The number of morpholine rings is 1. The molecule has 1 saturated heterocycles. The van der Waals surface area contributed by atoms with E-state index in [1.807, 2.05) is 54.3 Å². The highest BCUT2D eigenvalue weighted by molar-refractivity contribution is 6.30. The summed E-state index contributed by atoms with van der Waals surface area (Å²) < 4.78 is 6.15. The van der Waals surface area contributed by atoms with Crippen LogP contribution in [0.3, 0.4) is 0 Å². The van der Waals surface area contributed by atoms with Gasteiger partial charge in [0, 0.05) is 11.6 Å². The van der Waals surface area contributed by atoms with E-state index in [1.165, 1.54) is 0 Å². The number of rotatable bonds is 6. The van der Waals surface area contributed by atoms with Crippen LogP contribution in [-0.4, -0.2) is 34.5 Å². The number of hydrogen-bond acceptors (Lipinski definition) is 3. The third-order valence-corrected chi connectivity index (χ3v) is 5.83. The third kappa shape index (κ3) is 4.46. The second-order valence-electron chi connectivity index (χ2n) is 7.99. The Balaban J connectivity index is 1.78. The van der Waals surface area contributed by atoms with Gasteiger partial charge in [-0.15, -0.1) is 0 Å². The number of ether oxygens (including phenoxy) is 1. The lowest BCUT2D eigenvalue weighted by Crippen LogP contribution is -2.52. The van der Waals surface area contributed by atoms with Gasteiger partial charge < -0.3 is 14.7 Å². The number of carbonyl (C=O) groups excluding carboxylic acids is 1. The lowest BCUT2D eigenvalue weighted by Gasteiger charge is -2.45. The third-order valence-electron chi connectivity index (χ3n) is 5.60. The first-order chi connectivity index (χ1) is 13.9. The van der Waals surface area contributed by atoms with Gasteiger partial charge in [0.1, 0.15) is 12.2 Å². The normalized spacial score (nSPS) is 24.6. The van der Waals surface area contributed by atoms with Crippen LogP contribution >= 0.6 is 11.6 Å². The average Bonchev–Trinajstić information content (AvgIpc) is 3.49. The Labute approximate surface area is 175 Å². The first kappa shape index (κ1) is 19.9. The average molecular weight is 414 g/mol. The molecule has 29 heavy (non-hydrogen) atoms. The summed E-state index contributed by atoms with van der Waals surface area (Å²) in [6.07, 6.45) is 0.347. The smallest absolute Gasteiger partial charge is 0.306 e. The van der Waals surface area contributed by atoms with Gasteiger partial charge in [0.05, 0.1) is 12.5 Å². The van der Waals surface area contributed by atoms with E-state index in [4.69, 9.17) is 16.3 Å². The first-order valence-corrected chi connectivity index (χ1v) is 10.3. The first-order valence-electron chi connectivity index (χ1n) is 9.92. The number of carboxylic acid groups (broad SMARTS) is 1. The topological polar surface area (TPSA) is 66.8 Å². The van der Waals surface area contributed by atoms with Crippen LogP contribution < -0.4 is 0 Å². The van der Waals surface area contributed by atoms with E-state index in [9.17, 15) is 14.7 Å². The minimum Gasteiger partial charge on any atom is -0.481 e. The van der Waals surface area contributed by atoms with Gasteiger partial charge in [0.25, 0.3) is 5.91 Å². The summed E-state index contributed by atoms with van der Waals surface area (Å²) in [5, 5.41) is 9.88. The Bertz CT molecular complexity index is 909. The van der Waals surface area contributed by atoms with Crippen molar-refractivity contribution in [1.29, 1.82) is 0 Å². The molecule has 1 aliphatic heterocycles. The lowest BCUT2D eigenvalue weighted by atomic mass is 9.90. The molecule has 6 heteroatoms. The Morgan fingerprint density at radius 2 is 1.90 bits per heavy atom. The van der Waals surface area contributed by atoms with Crippen LogP contribution in [0.25, 0.3) is 0 Å². The standard InChI is InChI=1S/C23H24ClNO4/c1-14-5-9-16(10-6-14)21-22(17-3-2-4-18(24)11-17)29-19(12-20(26)27)23(28)25(21)13-15-7-8-15/h2-6,9-11,15,19,21-22H,7-8,12-13H2,1H3,(H,26,27)/t19-,21+,22+/m0/s1. The summed E-state index contributed by atoms with van der Waals surface area (Å²) in [6.45, 7) is 2.64. The maximum atomic E-state index is 13.2. The largest absolute Gasteiger partial charge is 0.481 e. The fourth-order valence-corrected chi connectivity index (χ4v) is 4.13. The maximum Gasteiger partial charge on any atom is 0.306 e. The quantitative estimate of drug-likeness (QED) is 0.754. The van der Waals surface area contributed by atoms with Crippen molar-refractivity contribution in [2.75, 3.05) is 6.54 Å². The summed E-state index contributed by atoms with van der Waals surface area (Å²) in [5.74, 6) is -0.827. The van der Waals surface area contributed by atoms with Crippen LogP contribution in [0.15, 0.2) is 48.5 Å². The van der Waals surface area contributed by atoms with Gasteiger partial charge >= 0.3 is 5.97 Å². The molecule has 2 fully saturated rings. The zero-order valence-corrected chi connectivity index (χ0v) is 17.0. The predicted molar refractivity (Wildman–Crippen MR) is 110 cm³/mol. The van der Waals surface area contributed by atoms with Crippen molar-refractivity contribution in [3.63, 3.8) is 0 Å². The number of carboxylic acids is 1. The van der Waals surface area contributed by atoms with Gasteiger partial charge in [0.2, 0.25) is 0 Å². The highest BCUT2D eigenvalue weighted by Gasteiger charge is 2.46. The highest BCUT2D eigenvalue weighted by atomic mass is 35.5. The molecule has 0 aromatic heterocycles. The molecule has 0 unspecified atom stereocenters. The van der Waals surface area contributed by atoms with Crippen molar-refractivity contribution < 1.29 is 19.4 Å². The van der Waals surface area contributed by atoms with Crippen molar-refractivity contribution in [2.45, 2.75) is 44.4 Å². The molecule has 1 heterocycles. The number of carbonyl (C=O) groups is 2. The number of benzene rings is 2. The summed E-state index contributed by atoms with van der Waals surface area (Å²) in [4.78, 5) is 26.4. The second kappa shape index (κ2) is 8.17. The predicted octanol–water partition coefficient (Wildman–Crippen LogP) is 4.54. The van der Waals surface area contributed by atoms with Crippen molar-refractivity contribution in [1.82, 2.24) is 4.90 Å². The SMILES string of the molecule is Cc1ccc([C@@H]2[C@@H](c3cccc(Cl)c3)O[C@@H](CC(=O)O)C(=O)N2CC2CC2)cc1. The fourth-order valence-electron chi connectivity index (χ4n) is 3.93. The number of aliphatic carboxylic acids is 1. The number of hydrogen-bond donors (Lipinski definition) is 1. The van der Waals surface area contributed by atoms with Crippen LogP contribution in [0.4, 0.5) is 0 Å². The molecule has 1 saturated carbocycles. The molecule has 1 N–H and O–H groups in total. The molecular weight excluding hydrogens is 390 g/mol. The van der Waals surface area contributed by atoms with Crippen LogP contribution in [0, 0.1) is 12.8 Å². The van der Waals surface area contributed by atoms with Crippen LogP contribution in [0.5, 0.6) is 0 Å². The summed E-state index contributed by atoms with van der Waals surface area (Å²) in [7, 11) is 0. The molecule has 0 spiro atoms. The van der Waals surface area contributed by atoms with Crippen LogP contribution in [0.2, 0.25) is 5.02 Å². The molecule has 2 aliphatic rings. The fraction of sp³-hybridized carbons (Fsp3) is 0.391. The zero-order chi connectivity index (χ0) is 20.5. The van der Waals surface area contributed by atoms with Gasteiger partial charge in [-0.25, -0.2) is 0 Å². The van der Waals surface area contributed by atoms with Crippen molar-refractivity contribution in [3.8, 4) is 0 Å². The summed E-state index contributed by atoms with van der Waals surface area (Å²) in [6, 6.07) is 15.1. The van der Waals surface area contributed by atoms with E-state index in [1.54, 1.807) is 6.07 Å². The molecule has 3 atom stereocenters. The number of aryl methyl sites for hydroxylation is 1.